The standard InChI is InChI=1S/C28H28N4O5S2/c1-36-15-14-31(39(34,35)27-7-3-5-21-18-29-13-12-23(21)27)19-28(33)32-25(20-8-10-22(37-2)11-9-20)17-24(30-32)26-6-4-16-38-26/h3-13,16,18,25H,14-15,17,19H2,1-2H3. The van der Waals surface area contributed by atoms with Gasteiger partial charge in [0.15, 0.2) is 0 Å². The second-order valence-corrected chi connectivity index (χ2v) is 11.8. The predicted molar refractivity (Wildman–Crippen MR) is 150 cm³/mol. The van der Waals surface area contributed by atoms with Crippen molar-refractivity contribution in [1.29, 1.82) is 0 Å². The number of ether oxygens (including phenoxy) is 2. The molecule has 1 unspecified atom stereocenters. The Balaban J connectivity index is 1.48. The molecule has 0 radical (unpaired) electrons. The number of methoxy groups -OCH3 is 2. The molecule has 202 valence electrons. The third-order valence-electron chi connectivity index (χ3n) is 6.59. The van der Waals surface area contributed by atoms with E-state index < -0.39 is 15.9 Å². The highest BCUT2D eigenvalue weighted by Gasteiger charge is 2.36. The van der Waals surface area contributed by atoms with Crippen LogP contribution in [-0.4, -0.2) is 68.3 Å². The summed E-state index contributed by atoms with van der Waals surface area (Å²) in [6, 6.07) is 17.7. The van der Waals surface area contributed by atoms with Gasteiger partial charge in [0, 0.05) is 43.2 Å². The first-order valence-corrected chi connectivity index (χ1v) is 14.6. The van der Waals surface area contributed by atoms with Gasteiger partial charge in [-0.15, -0.1) is 11.3 Å². The molecule has 2 aromatic carbocycles. The number of pyridine rings is 1. The Kier molecular flexibility index (Phi) is 8.03. The van der Waals surface area contributed by atoms with E-state index in [1.807, 2.05) is 41.8 Å². The van der Waals surface area contributed by atoms with Crippen LogP contribution in [0.4, 0.5) is 0 Å². The van der Waals surface area contributed by atoms with E-state index in [0.717, 1.165) is 20.5 Å². The van der Waals surface area contributed by atoms with Gasteiger partial charge in [-0.25, -0.2) is 13.4 Å². The molecule has 4 aromatic rings. The van der Waals surface area contributed by atoms with E-state index in [9.17, 15) is 13.2 Å². The number of hydrogen-bond acceptors (Lipinski definition) is 8. The monoisotopic (exact) mass is 564 g/mol. The number of amides is 1. The van der Waals surface area contributed by atoms with Gasteiger partial charge in [-0.3, -0.25) is 9.78 Å². The molecule has 0 saturated carbocycles. The number of nitrogens with zero attached hydrogens (tertiary/aromatic N) is 4. The van der Waals surface area contributed by atoms with E-state index in [1.54, 1.807) is 55.1 Å². The smallest absolute Gasteiger partial charge is 0.258 e. The molecule has 9 nitrogen and oxygen atoms in total. The molecule has 11 heteroatoms. The maximum atomic E-state index is 13.9. The first-order chi connectivity index (χ1) is 18.9. The number of thiophene rings is 1. The molecule has 39 heavy (non-hydrogen) atoms. The van der Waals surface area contributed by atoms with Gasteiger partial charge in [-0.05, 0) is 41.3 Å². The van der Waals surface area contributed by atoms with Crippen LogP contribution in [0.1, 0.15) is 22.9 Å². The zero-order valence-electron chi connectivity index (χ0n) is 21.6. The number of carbonyl (C=O) groups is 1. The van der Waals surface area contributed by atoms with Gasteiger partial charge in [-0.2, -0.15) is 9.41 Å². The second kappa shape index (κ2) is 11.6. The zero-order chi connectivity index (χ0) is 27.4. The van der Waals surface area contributed by atoms with Gasteiger partial charge in [-0.1, -0.05) is 30.3 Å². The number of hydrazone groups is 1. The number of fused-ring (bicyclic) bond motifs is 1. The quantitative estimate of drug-likeness (QED) is 0.284. The summed E-state index contributed by atoms with van der Waals surface area (Å²) < 4.78 is 39.5. The van der Waals surface area contributed by atoms with Crippen LogP contribution < -0.4 is 4.74 Å². The van der Waals surface area contributed by atoms with E-state index in [0.29, 0.717) is 22.9 Å². The van der Waals surface area contributed by atoms with Crippen LogP contribution >= 0.6 is 11.3 Å². The van der Waals surface area contributed by atoms with Gasteiger partial charge in [0.1, 0.15) is 5.75 Å². The first-order valence-electron chi connectivity index (χ1n) is 12.3. The highest BCUT2D eigenvalue weighted by molar-refractivity contribution is 7.89. The highest BCUT2D eigenvalue weighted by Crippen LogP contribution is 2.35. The molecule has 0 fully saturated rings. The van der Waals surface area contributed by atoms with Crippen LogP contribution in [0.3, 0.4) is 0 Å². The number of benzene rings is 2. The van der Waals surface area contributed by atoms with Gasteiger partial charge < -0.3 is 9.47 Å². The third kappa shape index (κ3) is 5.57. The zero-order valence-corrected chi connectivity index (χ0v) is 23.2. The summed E-state index contributed by atoms with van der Waals surface area (Å²) in [7, 11) is -0.966. The first kappa shape index (κ1) is 26.9. The second-order valence-electron chi connectivity index (χ2n) is 8.94. The minimum Gasteiger partial charge on any atom is -0.497 e. The fourth-order valence-corrected chi connectivity index (χ4v) is 6.88. The summed E-state index contributed by atoms with van der Waals surface area (Å²) in [4.78, 5) is 19.0. The van der Waals surface area contributed by atoms with E-state index in [2.05, 4.69) is 10.1 Å². The van der Waals surface area contributed by atoms with Gasteiger partial charge in [0.25, 0.3) is 5.91 Å². The molecule has 3 heterocycles. The lowest BCUT2D eigenvalue weighted by molar-refractivity contribution is -0.133. The molecular formula is C28H28N4O5S2. The molecule has 0 aliphatic carbocycles. The third-order valence-corrected chi connectivity index (χ3v) is 9.41. The Hall–Kier alpha value is -3.64. The average molecular weight is 565 g/mol. The van der Waals surface area contributed by atoms with Crippen molar-refractivity contribution in [3.05, 3.63) is 88.9 Å². The Morgan fingerprint density at radius 2 is 1.92 bits per heavy atom. The van der Waals surface area contributed by atoms with Crippen molar-refractivity contribution in [3.8, 4) is 5.75 Å². The molecule has 1 aliphatic heterocycles. The van der Waals surface area contributed by atoms with Crippen molar-refractivity contribution in [2.24, 2.45) is 5.10 Å². The lowest BCUT2D eigenvalue weighted by Crippen LogP contribution is -2.42. The molecule has 0 spiro atoms. The molecular weight excluding hydrogens is 536 g/mol. The maximum absolute atomic E-state index is 13.9. The van der Waals surface area contributed by atoms with Crippen LogP contribution in [0.25, 0.3) is 10.8 Å². The number of hydrogen-bond donors (Lipinski definition) is 0. The molecule has 1 amide bonds. The lowest BCUT2D eigenvalue weighted by atomic mass is 10.0. The van der Waals surface area contributed by atoms with E-state index >= 15 is 0 Å². The molecule has 1 aliphatic rings. The van der Waals surface area contributed by atoms with Crippen LogP contribution in [0.15, 0.2) is 88.4 Å². The summed E-state index contributed by atoms with van der Waals surface area (Å²) in [5.74, 6) is 0.278. The minimum atomic E-state index is -4.06. The van der Waals surface area contributed by atoms with Crippen LogP contribution in [0, 0.1) is 0 Å². The van der Waals surface area contributed by atoms with Gasteiger partial charge >= 0.3 is 0 Å². The lowest BCUT2D eigenvalue weighted by Gasteiger charge is -2.27. The topological polar surface area (TPSA) is 101 Å². The van der Waals surface area contributed by atoms with Gasteiger partial charge in [0.05, 0.1) is 41.8 Å². The van der Waals surface area contributed by atoms with E-state index in [4.69, 9.17) is 9.47 Å². The Labute approximate surface area is 231 Å². The summed E-state index contributed by atoms with van der Waals surface area (Å²) in [5.41, 5.74) is 1.67. The minimum absolute atomic E-state index is 0.00851. The van der Waals surface area contributed by atoms with Crippen LogP contribution in [0.2, 0.25) is 0 Å². The van der Waals surface area contributed by atoms with E-state index in [1.165, 1.54) is 12.1 Å². The molecule has 0 bridgehead atoms. The summed E-state index contributed by atoms with van der Waals surface area (Å²) in [6.45, 7) is -0.250. The number of carbonyl (C=O) groups excluding carboxylic acids is 1. The summed E-state index contributed by atoms with van der Waals surface area (Å²) in [6.07, 6.45) is 3.68. The fraction of sp³-hybridized carbons (Fsp3) is 0.250. The Morgan fingerprint density at radius 1 is 1.10 bits per heavy atom. The van der Waals surface area contributed by atoms with Crippen LogP contribution in [0.5, 0.6) is 5.75 Å². The van der Waals surface area contributed by atoms with Crippen molar-refractivity contribution >= 4 is 43.8 Å². The van der Waals surface area contributed by atoms with Crippen molar-refractivity contribution in [1.82, 2.24) is 14.3 Å². The van der Waals surface area contributed by atoms with Crippen molar-refractivity contribution < 1.29 is 22.7 Å². The Bertz CT molecular complexity index is 1580. The Morgan fingerprint density at radius 3 is 2.64 bits per heavy atom. The van der Waals surface area contributed by atoms with E-state index in [-0.39, 0.29) is 30.6 Å². The molecule has 5 rings (SSSR count). The number of sulfonamides is 1. The predicted octanol–water partition coefficient (Wildman–Crippen LogP) is 4.32. The number of aromatic nitrogens is 1. The molecule has 0 saturated heterocycles. The molecule has 1 atom stereocenters. The summed E-state index contributed by atoms with van der Waals surface area (Å²) >= 11 is 1.55. The SMILES string of the molecule is COCCN(CC(=O)N1N=C(c2cccs2)CC1c1ccc(OC)cc1)S(=O)(=O)c1cccc2cnccc12. The van der Waals surface area contributed by atoms with Crippen molar-refractivity contribution in [2.75, 3.05) is 33.9 Å². The van der Waals surface area contributed by atoms with Crippen molar-refractivity contribution in [3.63, 3.8) is 0 Å². The molecule has 0 N–H and O–H groups in total. The number of rotatable bonds is 10. The fourth-order valence-electron chi connectivity index (χ4n) is 4.57. The summed E-state index contributed by atoms with van der Waals surface area (Å²) in [5, 5.41) is 9.30. The average Bonchev–Trinajstić information content (AvgIpc) is 3.65. The largest absolute Gasteiger partial charge is 0.497 e. The van der Waals surface area contributed by atoms with Crippen molar-refractivity contribution in [2.45, 2.75) is 17.4 Å². The van der Waals surface area contributed by atoms with Crippen LogP contribution in [-0.2, 0) is 19.6 Å². The normalized spacial score (nSPS) is 15.6. The highest BCUT2D eigenvalue weighted by atomic mass is 32.2. The maximum Gasteiger partial charge on any atom is 0.258 e. The molecule has 2 aromatic heterocycles. The van der Waals surface area contributed by atoms with Gasteiger partial charge in [0.2, 0.25) is 10.0 Å².